The molecular formula is C16H12O6S. The molecular weight excluding hydrogens is 320 g/mol. The number of benzene rings is 1. The van der Waals surface area contributed by atoms with Crippen molar-refractivity contribution in [3.63, 3.8) is 0 Å². The van der Waals surface area contributed by atoms with Crippen LogP contribution in [0, 0.1) is 11.8 Å². The summed E-state index contributed by atoms with van der Waals surface area (Å²) in [5.74, 6) is -2.72. The number of fused-ring (bicyclic) bond motifs is 2. The molecule has 0 bridgehead atoms. The summed E-state index contributed by atoms with van der Waals surface area (Å²) in [6.07, 6.45) is 2.02. The maximum absolute atomic E-state index is 11.7. The lowest BCUT2D eigenvalue weighted by atomic mass is 9.81. The summed E-state index contributed by atoms with van der Waals surface area (Å²) >= 11 is 1.55. The molecule has 0 spiro atoms. The van der Waals surface area contributed by atoms with Gasteiger partial charge in [0, 0.05) is 10.1 Å². The molecule has 2 fully saturated rings. The minimum Gasteiger partial charge on any atom is -0.393 e. The second kappa shape index (κ2) is 5.19. The molecule has 118 valence electrons. The van der Waals surface area contributed by atoms with E-state index in [2.05, 4.69) is 4.74 Å². The summed E-state index contributed by atoms with van der Waals surface area (Å²) in [7, 11) is 0. The van der Waals surface area contributed by atoms with Crippen LogP contribution in [0.25, 0.3) is 0 Å². The molecule has 4 rings (SSSR count). The van der Waals surface area contributed by atoms with Crippen molar-refractivity contribution < 1.29 is 28.7 Å². The molecule has 3 unspecified atom stereocenters. The number of cyclic esters (lactones) is 4. The monoisotopic (exact) mass is 332 g/mol. The van der Waals surface area contributed by atoms with Crippen LogP contribution in [0.2, 0.25) is 0 Å². The van der Waals surface area contributed by atoms with Gasteiger partial charge in [0.1, 0.15) is 0 Å². The molecule has 1 aliphatic carbocycles. The number of rotatable bonds is 2. The molecule has 6 nitrogen and oxygen atoms in total. The van der Waals surface area contributed by atoms with E-state index >= 15 is 0 Å². The topological polar surface area (TPSA) is 86.7 Å². The molecule has 1 saturated carbocycles. The van der Waals surface area contributed by atoms with Crippen molar-refractivity contribution in [2.75, 3.05) is 0 Å². The SMILES string of the molecule is O=C1OC(=O)c2cc(SC3CCC4C(=O)OC(=O)C4C3)ccc21. The minimum atomic E-state index is -0.624. The molecule has 1 aromatic rings. The Balaban J connectivity index is 1.50. The first-order valence-corrected chi connectivity index (χ1v) is 8.23. The first-order chi connectivity index (χ1) is 11.0. The van der Waals surface area contributed by atoms with Gasteiger partial charge in [-0.3, -0.25) is 9.59 Å². The Morgan fingerprint density at radius 1 is 0.870 bits per heavy atom. The predicted molar refractivity (Wildman–Crippen MR) is 77.8 cm³/mol. The molecule has 0 radical (unpaired) electrons. The highest BCUT2D eigenvalue weighted by molar-refractivity contribution is 8.00. The van der Waals surface area contributed by atoms with Gasteiger partial charge in [-0.1, -0.05) is 0 Å². The van der Waals surface area contributed by atoms with E-state index in [4.69, 9.17) is 4.74 Å². The molecule has 3 aliphatic rings. The highest BCUT2D eigenvalue weighted by atomic mass is 32.2. The van der Waals surface area contributed by atoms with Crippen LogP contribution in [0.1, 0.15) is 40.0 Å². The Hall–Kier alpha value is -2.15. The number of hydrogen-bond acceptors (Lipinski definition) is 7. The summed E-state index contributed by atoms with van der Waals surface area (Å²) < 4.78 is 9.28. The van der Waals surface area contributed by atoms with Gasteiger partial charge in [0.25, 0.3) is 0 Å². The zero-order valence-electron chi connectivity index (χ0n) is 11.9. The molecule has 1 aromatic carbocycles. The number of hydrogen-bond donors (Lipinski definition) is 0. The van der Waals surface area contributed by atoms with Gasteiger partial charge in [-0.2, -0.15) is 0 Å². The van der Waals surface area contributed by atoms with Crippen LogP contribution in [0.4, 0.5) is 0 Å². The normalized spacial score (nSPS) is 29.1. The minimum absolute atomic E-state index is 0.167. The van der Waals surface area contributed by atoms with E-state index in [-0.39, 0.29) is 28.2 Å². The van der Waals surface area contributed by atoms with Crippen LogP contribution in [-0.4, -0.2) is 29.1 Å². The fraction of sp³-hybridized carbons (Fsp3) is 0.375. The molecule has 2 heterocycles. The Morgan fingerprint density at radius 3 is 2.43 bits per heavy atom. The van der Waals surface area contributed by atoms with Gasteiger partial charge < -0.3 is 9.47 Å². The van der Waals surface area contributed by atoms with Crippen LogP contribution < -0.4 is 0 Å². The maximum atomic E-state index is 11.7. The highest BCUT2D eigenvalue weighted by Crippen LogP contribution is 2.43. The predicted octanol–water partition coefficient (Wildman–Crippen LogP) is 1.96. The molecule has 0 aromatic heterocycles. The van der Waals surface area contributed by atoms with Gasteiger partial charge in [0.05, 0.1) is 23.0 Å². The van der Waals surface area contributed by atoms with Gasteiger partial charge in [-0.05, 0) is 37.5 Å². The van der Waals surface area contributed by atoms with Crippen LogP contribution in [-0.2, 0) is 19.1 Å². The lowest BCUT2D eigenvalue weighted by Crippen LogP contribution is -2.28. The summed E-state index contributed by atoms with van der Waals surface area (Å²) in [5, 5.41) is 0.167. The largest absolute Gasteiger partial charge is 0.393 e. The summed E-state index contributed by atoms with van der Waals surface area (Å²) in [4.78, 5) is 47.1. The van der Waals surface area contributed by atoms with E-state index < -0.39 is 23.9 Å². The zero-order valence-corrected chi connectivity index (χ0v) is 12.8. The number of carbonyl (C=O) groups is 4. The van der Waals surface area contributed by atoms with E-state index in [9.17, 15) is 19.2 Å². The molecule has 7 heteroatoms. The molecule has 23 heavy (non-hydrogen) atoms. The van der Waals surface area contributed by atoms with E-state index in [1.807, 2.05) is 0 Å². The number of esters is 4. The van der Waals surface area contributed by atoms with Crippen LogP contribution in [0.5, 0.6) is 0 Å². The Morgan fingerprint density at radius 2 is 1.61 bits per heavy atom. The van der Waals surface area contributed by atoms with E-state index in [0.29, 0.717) is 12.8 Å². The van der Waals surface area contributed by atoms with Crippen molar-refractivity contribution in [1.82, 2.24) is 0 Å². The Labute approximate surface area is 135 Å². The van der Waals surface area contributed by atoms with Crippen LogP contribution >= 0.6 is 11.8 Å². The second-order valence-electron chi connectivity index (χ2n) is 5.89. The van der Waals surface area contributed by atoms with E-state index in [0.717, 1.165) is 11.3 Å². The van der Waals surface area contributed by atoms with E-state index in [1.165, 1.54) is 0 Å². The third-order valence-electron chi connectivity index (χ3n) is 4.53. The van der Waals surface area contributed by atoms with Gasteiger partial charge in [0.2, 0.25) is 0 Å². The smallest absolute Gasteiger partial charge is 0.346 e. The summed E-state index contributed by atoms with van der Waals surface area (Å²) in [5.41, 5.74) is 0.567. The highest BCUT2D eigenvalue weighted by Gasteiger charge is 2.47. The molecule has 3 atom stereocenters. The quantitative estimate of drug-likeness (QED) is 0.604. The summed E-state index contributed by atoms with van der Waals surface area (Å²) in [6.45, 7) is 0. The zero-order chi connectivity index (χ0) is 16.1. The molecule has 1 saturated heterocycles. The van der Waals surface area contributed by atoms with E-state index in [1.54, 1.807) is 30.0 Å². The maximum Gasteiger partial charge on any atom is 0.346 e. The van der Waals surface area contributed by atoms with Gasteiger partial charge in [-0.15, -0.1) is 11.8 Å². The Bertz CT molecular complexity index is 755. The lowest BCUT2D eigenvalue weighted by molar-refractivity contribution is -0.153. The van der Waals surface area contributed by atoms with Crippen molar-refractivity contribution in [2.45, 2.75) is 29.4 Å². The Kier molecular flexibility index (Phi) is 3.26. The fourth-order valence-corrected chi connectivity index (χ4v) is 4.64. The molecule has 2 aliphatic heterocycles. The number of carbonyl (C=O) groups excluding carboxylic acids is 4. The third-order valence-corrected chi connectivity index (χ3v) is 5.82. The fourth-order valence-electron chi connectivity index (χ4n) is 3.36. The average Bonchev–Trinajstić information content (AvgIpc) is 2.96. The van der Waals surface area contributed by atoms with Crippen LogP contribution in [0.3, 0.4) is 0 Å². The van der Waals surface area contributed by atoms with Crippen molar-refractivity contribution in [3.8, 4) is 0 Å². The van der Waals surface area contributed by atoms with Crippen molar-refractivity contribution in [2.24, 2.45) is 11.8 Å². The van der Waals surface area contributed by atoms with Crippen molar-refractivity contribution in [3.05, 3.63) is 29.3 Å². The second-order valence-corrected chi connectivity index (χ2v) is 7.26. The molecule has 0 amide bonds. The van der Waals surface area contributed by atoms with Gasteiger partial charge >= 0.3 is 23.9 Å². The van der Waals surface area contributed by atoms with Crippen LogP contribution in [0.15, 0.2) is 23.1 Å². The van der Waals surface area contributed by atoms with Crippen molar-refractivity contribution in [1.29, 1.82) is 0 Å². The first-order valence-electron chi connectivity index (χ1n) is 7.35. The standard InChI is InChI=1S/C16H12O6S/c17-13-9-3-1-7(5-11(9)15(19)21-13)23-8-2-4-10-12(6-8)16(20)22-14(10)18/h1,3,5,8,10,12H,2,4,6H2. The van der Waals surface area contributed by atoms with Crippen molar-refractivity contribution >= 4 is 35.6 Å². The summed E-state index contributed by atoms with van der Waals surface area (Å²) in [6, 6.07) is 5.01. The average molecular weight is 332 g/mol. The lowest BCUT2D eigenvalue weighted by Gasteiger charge is -2.27. The number of thioether (sulfide) groups is 1. The first kappa shape index (κ1) is 14.4. The van der Waals surface area contributed by atoms with Gasteiger partial charge in [0.15, 0.2) is 0 Å². The molecule has 0 N–H and O–H groups in total. The number of ether oxygens (including phenoxy) is 2. The third kappa shape index (κ3) is 2.35. The van der Waals surface area contributed by atoms with Gasteiger partial charge in [-0.25, -0.2) is 9.59 Å².